The highest BCUT2D eigenvalue weighted by Crippen LogP contribution is 2.86. The first kappa shape index (κ1) is 35.2. The largest absolute Gasteiger partial charge is 0.469 e. The van der Waals surface area contributed by atoms with Gasteiger partial charge in [-0.2, -0.15) is 0 Å². The van der Waals surface area contributed by atoms with Gasteiger partial charge in [0, 0.05) is 41.6 Å². The van der Waals surface area contributed by atoms with Gasteiger partial charge >= 0.3 is 17.9 Å². The standard InChI is InChI=1S/C38H50O13/c1-17(2)22(40)36-24-19(12-15-46-24)23(47-25(41)18(3)4)31(7)13-14-35-32(8)20(16-21(39)45-11)30(5,6)27(42)37(44)28(48-29(36)43)38(35,26(31)36)51-34(10,50-35)49-33(32,37)9/h12,15,17-18,20,23,26-28,42,44H,13-14,16H2,1-11H3/t20-,23-,26-,27-,28+,31-,32+,33+,34?,35-,36+,37-,38+/m0/s1. The van der Waals surface area contributed by atoms with Crippen molar-refractivity contribution in [2.24, 2.45) is 39.9 Å². The van der Waals surface area contributed by atoms with Crippen molar-refractivity contribution < 1.29 is 62.2 Å². The van der Waals surface area contributed by atoms with Gasteiger partial charge in [0.15, 0.2) is 22.9 Å². The first-order chi connectivity index (χ1) is 23.5. The Hall–Kier alpha value is -2.84. The average Bonchev–Trinajstić information content (AvgIpc) is 3.61. The topological polar surface area (TPSA) is 177 Å². The smallest absolute Gasteiger partial charge is 0.328 e. The lowest BCUT2D eigenvalue weighted by atomic mass is 9.26. The van der Waals surface area contributed by atoms with E-state index in [0.29, 0.717) is 5.56 Å². The Morgan fingerprint density at radius 3 is 2.25 bits per heavy atom. The van der Waals surface area contributed by atoms with E-state index in [0.717, 1.165) is 0 Å². The molecule has 3 aliphatic heterocycles. The van der Waals surface area contributed by atoms with E-state index in [-0.39, 0.29) is 25.0 Å². The minimum Gasteiger partial charge on any atom is -0.469 e. The van der Waals surface area contributed by atoms with Crippen molar-refractivity contribution in [1.29, 1.82) is 0 Å². The van der Waals surface area contributed by atoms with E-state index in [9.17, 15) is 19.8 Å². The van der Waals surface area contributed by atoms with Crippen LogP contribution >= 0.6 is 0 Å². The van der Waals surface area contributed by atoms with Gasteiger partial charge in [0.2, 0.25) is 0 Å². The van der Waals surface area contributed by atoms with Crippen LogP contribution in [0.1, 0.15) is 106 Å². The fraction of sp³-hybridized carbons (Fsp3) is 0.789. The van der Waals surface area contributed by atoms with Crippen LogP contribution in [0.5, 0.6) is 0 Å². The summed E-state index contributed by atoms with van der Waals surface area (Å²) in [5, 5.41) is 26.2. The fourth-order valence-electron chi connectivity index (χ4n) is 13.1. The Bertz CT molecular complexity index is 1780. The van der Waals surface area contributed by atoms with Gasteiger partial charge in [0.25, 0.3) is 5.97 Å². The summed E-state index contributed by atoms with van der Waals surface area (Å²) in [5.41, 5.74) is -13.2. The second-order valence-corrected chi connectivity index (χ2v) is 18.1. The number of carbonyl (C=O) groups excluding carboxylic acids is 4. The molecule has 1 aromatic heterocycles. The second kappa shape index (κ2) is 9.63. The molecule has 280 valence electrons. The van der Waals surface area contributed by atoms with Crippen molar-refractivity contribution in [3.05, 3.63) is 23.7 Å². The predicted octanol–water partition coefficient (Wildman–Crippen LogP) is 3.66. The highest BCUT2D eigenvalue weighted by Gasteiger charge is 3.02. The molecule has 2 N–H and O–H groups in total. The molecule has 5 bridgehead atoms. The van der Waals surface area contributed by atoms with E-state index in [2.05, 4.69) is 0 Å². The lowest BCUT2D eigenvalue weighted by Gasteiger charge is -2.82. The average molecular weight is 715 g/mol. The number of hydrogen-bond acceptors (Lipinski definition) is 13. The van der Waals surface area contributed by atoms with Crippen LogP contribution < -0.4 is 0 Å². The molecule has 8 rings (SSSR count). The number of esters is 3. The number of Topliss-reactive ketones (excluding diaryl/α,β-unsaturated/α-hetero) is 1. The number of methoxy groups -OCH3 is 1. The molecule has 13 atom stereocenters. The van der Waals surface area contributed by atoms with Crippen molar-refractivity contribution in [3.8, 4) is 0 Å². The molecule has 0 radical (unpaired) electrons. The highest BCUT2D eigenvalue weighted by atomic mass is 16.9. The Balaban J connectivity index is 1.53. The first-order valence-electron chi connectivity index (χ1n) is 18.1. The minimum absolute atomic E-state index is 0.0150. The Labute approximate surface area is 297 Å². The summed E-state index contributed by atoms with van der Waals surface area (Å²) in [4.78, 5) is 57.2. The predicted molar refractivity (Wildman–Crippen MR) is 173 cm³/mol. The molecule has 0 amide bonds. The molecule has 51 heavy (non-hydrogen) atoms. The van der Waals surface area contributed by atoms with Crippen LogP contribution in [0.15, 0.2) is 16.7 Å². The van der Waals surface area contributed by atoms with Crippen molar-refractivity contribution in [2.75, 3.05) is 7.11 Å². The number of ether oxygens (including phenoxy) is 6. The summed E-state index contributed by atoms with van der Waals surface area (Å²) in [6.07, 6.45) is -2.67. The maximum atomic E-state index is 15.3. The maximum absolute atomic E-state index is 15.3. The summed E-state index contributed by atoms with van der Waals surface area (Å²) < 4.78 is 45.4. The highest BCUT2D eigenvalue weighted by molar-refractivity contribution is 6.12. The molecule has 13 heteroatoms. The zero-order valence-electron chi connectivity index (χ0n) is 31.2. The summed E-state index contributed by atoms with van der Waals surface area (Å²) in [6, 6.07) is 1.63. The number of ketones is 1. The third kappa shape index (κ3) is 3.25. The molecule has 1 aromatic rings. The van der Waals surface area contributed by atoms with E-state index < -0.39 is 116 Å². The van der Waals surface area contributed by atoms with Gasteiger partial charge in [-0.1, -0.05) is 55.4 Å². The maximum Gasteiger partial charge on any atom is 0.328 e. The molecule has 0 aromatic carbocycles. The van der Waals surface area contributed by atoms with Crippen molar-refractivity contribution in [3.63, 3.8) is 0 Å². The molecule has 1 unspecified atom stereocenters. The number of rotatable bonds is 6. The molecular weight excluding hydrogens is 664 g/mol. The van der Waals surface area contributed by atoms with Crippen LogP contribution in [-0.4, -0.2) is 81.6 Å². The van der Waals surface area contributed by atoms with Gasteiger partial charge in [-0.15, -0.1) is 0 Å². The fourth-order valence-corrected chi connectivity index (χ4v) is 13.1. The van der Waals surface area contributed by atoms with E-state index in [1.807, 2.05) is 13.8 Å². The van der Waals surface area contributed by atoms with Gasteiger partial charge in [0.1, 0.15) is 28.7 Å². The molecule has 7 aliphatic rings. The molecule has 13 nitrogen and oxygen atoms in total. The lowest BCUT2D eigenvalue weighted by molar-refractivity contribution is -0.505. The van der Waals surface area contributed by atoms with E-state index in [1.54, 1.807) is 61.5 Å². The number of aliphatic hydroxyl groups excluding tert-OH is 1. The molecule has 6 fully saturated rings. The van der Waals surface area contributed by atoms with Crippen LogP contribution in [-0.2, 0) is 53.0 Å². The van der Waals surface area contributed by atoms with Gasteiger partial charge in [-0.3, -0.25) is 19.2 Å². The molecule has 4 aliphatic carbocycles. The number of hydrogen-bond donors (Lipinski definition) is 2. The quantitative estimate of drug-likeness (QED) is 0.248. The van der Waals surface area contributed by atoms with Gasteiger partial charge in [0.05, 0.1) is 25.4 Å². The number of carbonyl (C=O) groups is 4. The van der Waals surface area contributed by atoms with E-state index >= 15 is 9.59 Å². The van der Waals surface area contributed by atoms with Crippen LogP contribution in [0.4, 0.5) is 0 Å². The zero-order valence-corrected chi connectivity index (χ0v) is 31.2. The van der Waals surface area contributed by atoms with Crippen LogP contribution in [0, 0.1) is 39.9 Å². The van der Waals surface area contributed by atoms with Gasteiger partial charge in [-0.25, -0.2) is 0 Å². The normalized spacial score (nSPS) is 50.7. The number of furan rings is 1. The molecule has 2 spiro atoms. The zero-order chi connectivity index (χ0) is 37.5. The Morgan fingerprint density at radius 2 is 1.65 bits per heavy atom. The SMILES string of the molecule is COC(=O)C[C@H]1C(C)(C)[C@H](O)[C@]2(O)[C@H]3OC(=O)[C@]4(C(=O)C(C)C)c5occc5[C@H](OC(=O)C(C)C)[C@]5(C)CC[C@@]67OC(C)(O[C@]36[C@H]45)O[C@]2(C)[C@@]17C. The second-order valence-electron chi connectivity index (χ2n) is 18.1. The number of aliphatic hydroxyl groups is 2. The Morgan fingerprint density at radius 1 is 0.980 bits per heavy atom. The lowest BCUT2D eigenvalue weighted by Crippen LogP contribution is -2.99. The van der Waals surface area contributed by atoms with Gasteiger partial charge < -0.3 is 43.1 Å². The number of fused-ring (bicyclic) bond motifs is 4. The molecular formula is C38H50O13. The van der Waals surface area contributed by atoms with Gasteiger partial charge in [-0.05, 0) is 37.2 Å². The monoisotopic (exact) mass is 714 g/mol. The molecule has 3 saturated carbocycles. The third-order valence-corrected chi connectivity index (χ3v) is 15.1. The van der Waals surface area contributed by atoms with Crippen LogP contribution in [0.3, 0.4) is 0 Å². The Kier molecular flexibility index (Phi) is 6.65. The third-order valence-electron chi connectivity index (χ3n) is 15.1. The summed E-state index contributed by atoms with van der Waals surface area (Å²) in [5.74, 6) is -7.63. The van der Waals surface area contributed by atoms with Crippen LogP contribution in [0.25, 0.3) is 0 Å². The van der Waals surface area contributed by atoms with E-state index in [4.69, 9.17) is 32.8 Å². The van der Waals surface area contributed by atoms with Crippen molar-refractivity contribution in [1.82, 2.24) is 0 Å². The van der Waals surface area contributed by atoms with Crippen LogP contribution in [0.2, 0.25) is 0 Å². The first-order valence-corrected chi connectivity index (χ1v) is 18.1. The summed E-state index contributed by atoms with van der Waals surface area (Å²) >= 11 is 0. The molecule has 3 saturated heterocycles. The minimum atomic E-state index is -2.38. The van der Waals surface area contributed by atoms with Crippen molar-refractivity contribution >= 4 is 23.7 Å². The van der Waals surface area contributed by atoms with E-state index in [1.165, 1.54) is 13.4 Å². The summed E-state index contributed by atoms with van der Waals surface area (Å²) in [7, 11) is 1.29. The molecule has 4 heterocycles. The summed E-state index contributed by atoms with van der Waals surface area (Å²) in [6.45, 7) is 17.3. The van der Waals surface area contributed by atoms with Crippen molar-refractivity contribution in [2.45, 2.75) is 141 Å².